The summed E-state index contributed by atoms with van der Waals surface area (Å²) in [5.74, 6) is -1.16. The number of esters is 1. The normalized spacial score (nSPS) is 13.7. The molecule has 0 aromatic heterocycles. The summed E-state index contributed by atoms with van der Waals surface area (Å²) in [7, 11) is 1.49. The van der Waals surface area contributed by atoms with E-state index in [4.69, 9.17) is 9.47 Å². The molecule has 0 unspecified atom stereocenters. The van der Waals surface area contributed by atoms with Crippen LogP contribution in [0.1, 0.15) is 17.3 Å². The van der Waals surface area contributed by atoms with Gasteiger partial charge in [0.05, 0.1) is 25.0 Å². The zero-order valence-electron chi connectivity index (χ0n) is 11.8. The lowest BCUT2D eigenvalue weighted by molar-refractivity contribution is -0.137. The van der Waals surface area contributed by atoms with E-state index in [0.717, 1.165) is 0 Å². The summed E-state index contributed by atoms with van der Waals surface area (Å²) in [6, 6.07) is 4.85. The smallest absolute Gasteiger partial charge is 0.330 e. The van der Waals surface area contributed by atoms with E-state index in [9.17, 15) is 14.4 Å². The van der Waals surface area contributed by atoms with Crippen molar-refractivity contribution in [1.82, 2.24) is 0 Å². The number of ether oxygens (including phenoxy) is 2. The summed E-state index contributed by atoms with van der Waals surface area (Å²) in [5.41, 5.74) is 0.822. The topological polar surface area (TPSA) is 72.9 Å². The van der Waals surface area contributed by atoms with Gasteiger partial charge < -0.3 is 14.4 Å². The minimum absolute atomic E-state index is 0.128. The average molecular weight is 289 g/mol. The van der Waals surface area contributed by atoms with Crippen LogP contribution in [0.4, 0.5) is 5.69 Å². The van der Waals surface area contributed by atoms with Crippen LogP contribution in [0.3, 0.4) is 0 Å². The lowest BCUT2D eigenvalue weighted by Gasteiger charge is -2.14. The maximum Gasteiger partial charge on any atom is 0.330 e. The summed E-state index contributed by atoms with van der Waals surface area (Å²) < 4.78 is 9.78. The van der Waals surface area contributed by atoms with E-state index in [2.05, 4.69) is 0 Å². The van der Waals surface area contributed by atoms with Crippen molar-refractivity contribution in [3.8, 4) is 5.75 Å². The molecule has 0 N–H and O–H groups in total. The Morgan fingerprint density at radius 2 is 2.10 bits per heavy atom. The first kappa shape index (κ1) is 14.8. The Kier molecular flexibility index (Phi) is 4.37. The van der Waals surface area contributed by atoms with Crippen molar-refractivity contribution in [2.75, 3.05) is 25.2 Å². The molecule has 0 saturated heterocycles. The van der Waals surface area contributed by atoms with Gasteiger partial charge in [-0.1, -0.05) is 6.08 Å². The molecular weight excluding hydrogens is 274 g/mol. The average Bonchev–Trinajstić information content (AvgIpc) is 2.72. The van der Waals surface area contributed by atoms with Gasteiger partial charge in [0.2, 0.25) is 0 Å². The van der Waals surface area contributed by atoms with Gasteiger partial charge in [0.15, 0.2) is 0 Å². The molecule has 0 aliphatic carbocycles. The van der Waals surface area contributed by atoms with Crippen molar-refractivity contribution < 1.29 is 23.9 Å². The van der Waals surface area contributed by atoms with Crippen LogP contribution in [-0.4, -0.2) is 37.9 Å². The number of nitrogens with zero attached hydrogens (tertiary/aromatic N) is 1. The SMILES string of the molecule is CCOC(=O)/C=C/CN1C(=O)C(=O)c2cc(OC)ccc21. The van der Waals surface area contributed by atoms with Gasteiger partial charge in [-0.3, -0.25) is 9.59 Å². The number of hydrogen-bond donors (Lipinski definition) is 0. The molecule has 110 valence electrons. The molecule has 0 saturated carbocycles. The first-order valence-electron chi connectivity index (χ1n) is 6.46. The lowest BCUT2D eigenvalue weighted by atomic mass is 10.1. The van der Waals surface area contributed by atoms with Gasteiger partial charge in [0.1, 0.15) is 5.75 Å². The van der Waals surface area contributed by atoms with Crippen LogP contribution in [0.15, 0.2) is 30.4 Å². The molecule has 6 heteroatoms. The van der Waals surface area contributed by atoms with Crippen LogP contribution in [-0.2, 0) is 14.3 Å². The number of rotatable bonds is 5. The molecule has 1 aromatic carbocycles. The number of ketones is 1. The molecule has 0 bridgehead atoms. The molecular formula is C15H15NO5. The van der Waals surface area contributed by atoms with Crippen molar-refractivity contribution in [1.29, 1.82) is 0 Å². The largest absolute Gasteiger partial charge is 0.497 e. The Morgan fingerprint density at radius 1 is 1.33 bits per heavy atom. The second kappa shape index (κ2) is 6.21. The number of hydrogen-bond acceptors (Lipinski definition) is 5. The van der Waals surface area contributed by atoms with Crippen LogP contribution >= 0.6 is 0 Å². The lowest BCUT2D eigenvalue weighted by Crippen LogP contribution is -2.29. The van der Waals surface area contributed by atoms with Gasteiger partial charge in [0, 0.05) is 12.6 Å². The molecule has 2 rings (SSSR count). The third kappa shape index (κ3) is 2.94. The number of Topliss-reactive ketones (excluding diaryl/α,β-unsaturated/α-hetero) is 1. The second-order valence-electron chi connectivity index (χ2n) is 4.28. The van der Waals surface area contributed by atoms with Gasteiger partial charge in [-0.05, 0) is 25.1 Å². The van der Waals surface area contributed by atoms with E-state index >= 15 is 0 Å². The third-order valence-electron chi connectivity index (χ3n) is 3.01. The van der Waals surface area contributed by atoms with E-state index in [1.54, 1.807) is 19.1 Å². The predicted molar refractivity (Wildman–Crippen MR) is 75.5 cm³/mol. The molecule has 1 aliphatic heterocycles. The van der Waals surface area contributed by atoms with Crippen molar-refractivity contribution in [3.63, 3.8) is 0 Å². The highest BCUT2D eigenvalue weighted by Crippen LogP contribution is 2.31. The van der Waals surface area contributed by atoms with Crippen molar-refractivity contribution >= 4 is 23.3 Å². The zero-order valence-corrected chi connectivity index (χ0v) is 11.8. The van der Waals surface area contributed by atoms with Crippen molar-refractivity contribution in [3.05, 3.63) is 35.9 Å². The fourth-order valence-electron chi connectivity index (χ4n) is 2.03. The number of fused-ring (bicyclic) bond motifs is 1. The summed E-state index contributed by atoms with van der Waals surface area (Å²) in [6.45, 7) is 2.12. The second-order valence-corrected chi connectivity index (χ2v) is 4.28. The molecule has 0 fully saturated rings. The van der Waals surface area contributed by atoms with Gasteiger partial charge in [-0.2, -0.15) is 0 Å². The Labute approximate surface area is 121 Å². The number of anilines is 1. The maximum atomic E-state index is 11.9. The standard InChI is InChI=1S/C15H15NO5/c1-3-21-13(17)5-4-8-16-12-7-6-10(20-2)9-11(12)14(18)15(16)19/h4-7,9H,3,8H2,1-2H3/b5-4+. The molecule has 1 aliphatic rings. The van der Waals surface area contributed by atoms with Crippen LogP contribution in [0.5, 0.6) is 5.75 Å². The Hall–Kier alpha value is -2.63. The Bertz CT molecular complexity index is 620. The molecule has 0 radical (unpaired) electrons. The van der Waals surface area contributed by atoms with Crippen LogP contribution < -0.4 is 9.64 Å². The van der Waals surface area contributed by atoms with Crippen LogP contribution in [0.25, 0.3) is 0 Å². The van der Waals surface area contributed by atoms with Crippen LogP contribution in [0, 0.1) is 0 Å². The van der Waals surface area contributed by atoms with Crippen molar-refractivity contribution in [2.24, 2.45) is 0 Å². The highest BCUT2D eigenvalue weighted by atomic mass is 16.5. The highest BCUT2D eigenvalue weighted by Gasteiger charge is 2.35. The van der Waals surface area contributed by atoms with Gasteiger partial charge in [0.25, 0.3) is 11.7 Å². The summed E-state index contributed by atoms with van der Waals surface area (Å²) in [5, 5.41) is 0. The van der Waals surface area contributed by atoms with Crippen LogP contribution in [0.2, 0.25) is 0 Å². The molecule has 0 atom stereocenters. The van der Waals surface area contributed by atoms with Gasteiger partial charge >= 0.3 is 5.97 Å². The number of carbonyl (C=O) groups excluding carboxylic acids is 3. The Morgan fingerprint density at radius 3 is 2.76 bits per heavy atom. The maximum absolute atomic E-state index is 11.9. The number of methoxy groups -OCH3 is 1. The molecule has 6 nitrogen and oxygen atoms in total. The quantitative estimate of drug-likeness (QED) is 0.464. The minimum atomic E-state index is -0.619. The fraction of sp³-hybridized carbons (Fsp3) is 0.267. The fourth-order valence-corrected chi connectivity index (χ4v) is 2.03. The molecule has 1 aromatic rings. The predicted octanol–water partition coefficient (Wildman–Crippen LogP) is 1.34. The summed E-state index contributed by atoms with van der Waals surface area (Å²) >= 11 is 0. The highest BCUT2D eigenvalue weighted by molar-refractivity contribution is 6.52. The molecule has 21 heavy (non-hydrogen) atoms. The van der Waals surface area contributed by atoms with E-state index in [1.807, 2.05) is 0 Å². The molecule has 0 spiro atoms. The van der Waals surface area contributed by atoms with E-state index in [0.29, 0.717) is 17.0 Å². The monoisotopic (exact) mass is 289 g/mol. The first-order chi connectivity index (χ1) is 10.1. The van der Waals surface area contributed by atoms with E-state index in [1.165, 1.54) is 30.2 Å². The number of benzene rings is 1. The third-order valence-corrected chi connectivity index (χ3v) is 3.01. The Balaban J connectivity index is 2.18. The minimum Gasteiger partial charge on any atom is -0.497 e. The van der Waals surface area contributed by atoms with E-state index in [-0.39, 0.29) is 13.2 Å². The van der Waals surface area contributed by atoms with Gasteiger partial charge in [-0.15, -0.1) is 0 Å². The summed E-state index contributed by atoms with van der Waals surface area (Å²) in [4.78, 5) is 36.4. The molecule has 1 heterocycles. The number of carbonyl (C=O) groups is 3. The van der Waals surface area contributed by atoms with Gasteiger partial charge in [-0.25, -0.2) is 4.79 Å². The summed E-state index contributed by atoms with van der Waals surface area (Å²) in [6.07, 6.45) is 2.73. The van der Waals surface area contributed by atoms with E-state index < -0.39 is 17.7 Å². The molecule has 1 amide bonds. The zero-order chi connectivity index (χ0) is 15.4. The van der Waals surface area contributed by atoms with Crippen molar-refractivity contribution in [2.45, 2.75) is 6.92 Å². The number of amides is 1. The first-order valence-corrected chi connectivity index (χ1v) is 6.46.